The number of ether oxygens (including phenoxy) is 2. The van der Waals surface area contributed by atoms with E-state index in [9.17, 15) is 4.79 Å². The monoisotopic (exact) mass is 423 g/mol. The second kappa shape index (κ2) is 9.71. The molecule has 156 valence electrons. The second-order valence-electron chi connectivity index (χ2n) is 7.44. The maximum absolute atomic E-state index is 12.6. The molecule has 1 saturated carbocycles. The number of amides is 1. The van der Waals surface area contributed by atoms with Crippen LogP contribution in [-0.4, -0.2) is 28.4 Å². The fourth-order valence-electron chi connectivity index (χ4n) is 3.63. The molecule has 1 aliphatic carbocycles. The molecule has 1 N–H and O–H groups in total. The van der Waals surface area contributed by atoms with Crippen LogP contribution in [0.4, 0.5) is 0 Å². The number of rotatable bonds is 7. The highest BCUT2D eigenvalue weighted by Gasteiger charge is 2.17. The molecular weight excluding hydrogens is 398 g/mol. The van der Waals surface area contributed by atoms with Gasteiger partial charge in [0.25, 0.3) is 11.1 Å². The molecule has 1 aromatic heterocycles. The fraction of sp³-hybridized carbons (Fsp3) is 0.348. The molecule has 4 rings (SSSR count). The summed E-state index contributed by atoms with van der Waals surface area (Å²) in [6, 6.07) is 15.3. The predicted molar refractivity (Wildman–Crippen MR) is 117 cm³/mol. The Bertz CT molecular complexity index is 999. The molecule has 3 aromatic rings. The third-order valence-electron chi connectivity index (χ3n) is 5.19. The minimum atomic E-state index is -0.0525. The van der Waals surface area contributed by atoms with Gasteiger partial charge < -0.3 is 14.8 Å². The Kier molecular flexibility index (Phi) is 6.59. The van der Waals surface area contributed by atoms with Crippen molar-refractivity contribution in [2.75, 3.05) is 7.11 Å². The topological polar surface area (TPSA) is 73.3 Å². The number of nitrogens with zero attached hydrogens (tertiary/aromatic N) is 2. The zero-order chi connectivity index (χ0) is 20.8. The van der Waals surface area contributed by atoms with Gasteiger partial charge in [-0.3, -0.25) is 4.79 Å². The van der Waals surface area contributed by atoms with E-state index in [4.69, 9.17) is 9.47 Å². The van der Waals surface area contributed by atoms with Crippen LogP contribution in [0.2, 0.25) is 0 Å². The SMILES string of the molecule is COc1cccc(Cc2nsc(Oc3cccc(C(=O)NC4CCCCC4)c3)n2)c1. The Labute approximate surface area is 180 Å². The summed E-state index contributed by atoms with van der Waals surface area (Å²) >= 11 is 1.20. The van der Waals surface area contributed by atoms with E-state index in [1.807, 2.05) is 36.4 Å². The highest BCUT2D eigenvalue weighted by atomic mass is 32.1. The van der Waals surface area contributed by atoms with Gasteiger partial charge in [-0.25, -0.2) is 0 Å². The lowest BCUT2D eigenvalue weighted by molar-refractivity contribution is 0.0927. The van der Waals surface area contributed by atoms with E-state index in [1.54, 1.807) is 19.2 Å². The number of nitrogens with one attached hydrogen (secondary N) is 1. The lowest BCUT2D eigenvalue weighted by Crippen LogP contribution is -2.36. The van der Waals surface area contributed by atoms with E-state index in [0.29, 0.717) is 28.8 Å². The van der Waals surface area contributed by atoms with E-state index in [-0.39, 0.29) is 11.9 Å². The minimum Gasteiger partial charge on any atom is -0.497 e. The van der Waals surface area contributed by atoms with Gasteiger partial charge in [-0.15, -0.1) is 0 Å². The molecule has 2 aromatic carbocycles. The van der Waals surface area contributed by atoms with Gasteiger partial charge in [0.05, 0.1) is 7.11 Å². The summed E-state index contributed by atoms with van der Waals surface area (Å²) in [5, 5.41) is 3.59. The van der Waals surface area contributed by atoms with Crippen molar-refractivity contribution in [2.24, 2.45) is 0 Å². The van der Waals surface area contributed by atoms with Crippen LogP contribution in [0, 0.1) is 0 Å². The first-order valence-corrected chi connectivity index (χ1v) is 11.0. The molecule has 0 unspecified atom stereocenters. The van der Waals surface area contributed by atoms with Crippen LogP contribution in [-0.2, 0) is 6.42 Å². The standard InChI is InChI=1S/C23H25N3O3S/c1-28-19-11-5-7-16(13-19)14-21-25-23(30-26-21)29-20-12-6-8-17(15-20)22(27)24-18-9-3-2-4-10-18/h5-8,11-13,15,18H,2-4,9-10,14H2,1H3,(H,24,27). The quantitative estimate of drug-likeness (QED) is 0.579. The number of hydrogen-bond acceptors (Lipinski definition) is 6. The Balaban J connectivity index is 1.38. The summed E-state index contributed by atoms with van der Waals surface area (Å²) in [4.78, 5) is 17.0. The number of aromatic nitrogens is 2. The zero-order valence-electron chi connectivity index (χ0n) is 17.0. The summed E-state index contributed by atoms with van der Waals surface area (Å²) in [7, 11) is 1.65. The van der Waals surface area contributed by atoms with Crippen LogP contribution >= 0.6 is 11.5 Å². The van der Waals surface area contributed by atoms with Crippen molar-refractivity contribution in [3.63, 3.8) is 0 Å². The van der Waals surface area contributed by atoms with Gasteiger partial charge in [-0.2, -0.15) is 9.36 Å². The Morgan fingerprint density at radius 1 is 1.10 bits per heavy atom. The van der Waals surface area contributed by atoms with Crippen molar-refractivity contribution in [2.45, 2.75) is 44.6 Å². The molecule has 1 fully saturated rings. The maximum Gasteiger partial charge on any atom is 0.298 e. The average molecular weight is 424 g/mol. The van der Waals surface area contributed by atoms with E-state index in [2.05, 4.69) is 14.7 Å². The number of carbonyl (C=O) groups is 1. The largest absolute Gasteiger partial charge is 0.497 e. The number of methoxy groups -OCH3 is 1. The lowest BCUT2D eigenvalue weighted by atomic mass is 9.95. The van der Waals surface area contributed by atoms with Gasteiger partial charge in [0.1, 0.15) is 11.5 Å². The average Bonchev–Trinajstić information content (AvgIpc) is 3.21. The first-order valence-electron chi connectivity index (χ1n) is 10.2. The molecule has 30 heavy (non-hydrogen) atoms. The van der Waals surface area contributed by atoms with Crippen molar-refractivity contribution >= 4 is 17.4 Å². The molecule has 7 heteroatoms. The molecule has 0 radical (unpaired) electrons. The van der Waals surface area contributed by atoms with Crippen molar-refractivity contribution in [3.8, 4) is 16.7 Å². The van der Waals surface area contributed by atoms with Crippen LogP contribution in [0.5, 0.6) is 16.7 Å². The second-order valence-corrected chi connectivity index (χ2v) is 8.16. The molecule has 1 amide bonds. The molecular formula is C23H25N3O3S. The van der Waals surface area contributed by atoms with Gasteiger partial charge in [0, 0.05) is 29.6 Å². The van der Waals surface area contributed by atoms with E-state index in [1.165, 1.54) is 30.8 Å². The summed E-state index contributed by atoms with van der Waals surface area (Å²) in [5.41, 5.74) is 1.67. The number of carbonyl (C=O) groups excluding carboxylic acids is 1. The van der Waals surface area contributed by atoms with Crippen LogP contribution in [0.15, 0.2) is 48.5 Å². The van der Waals surface area contributed by atoms with E-state index < -0.39 is 0 Å². The van der Waals surface area contributed by atoms with Crippen molar-refractivity contribution in [1.82, 2.24) is 14.7 Å². The smallest absolute Gasteiger partial charge is 0.298 e. The number of benzene rings is 2. The minimum absolute atomic E-state index is 0.0525. The van der Waals surface area contributed by atoms with Crippen LogP contribution in [0.3, 0.4) is 0 Å². The molecule has 6 nitrogen and oxygen atoms in total. The molecule has 0 atom stereocenters. The third kappa shape index (κ3) is 5.36. The van der Waals surface area contributed by atoms with Crippen LogP contribution in [0.1, 0.15) is 53.8 Å². The summed E-state index contributed by atoms with van der Waals surface area (Å²) in [5.74, 6) is 2.02. The van der Waals surface area contributed by atoms with Gasteiger partial charge in [-0.1, -0.05) is 37.5 Å². The lowest BCUT2D eigenvalue weighted by Gasteiger charge is -2.22. The van der Waals surface area contributed by atoms with Crippen LogP contribution in [0.25, 0.3) is 0 Å². The van der Waals surface area contributed by atoms with Crippen molar-refractivity contribution < 1.29 is 14.3 Å². The van der Waals surface area contributed by atoms with Gasteiger partial charge in [0.2, 0.25) is 0 Å². The third-order valence-corrected chi connectivity index (χ3v) is 5.82. The molecule has 0 saturated heterocycles. The van der Waals surface area contributed by atoms with Crippen molar-refractivity contribution in [1.29, 1.82) is 0 Å². The molecule has 0 aliphatic heterocycles. The first-order chi connectivity index (χ1) is 14.7. The first kappa shape index (κ1) is 20.3. The summed E-state index contributed by atoms with van der Waals surface area (Å²) in [6.45, 7) is 0. The van der Waals surface area contributed by atoms with E-state index in [0.717, 1.165) is 24.2 Å². The summed E-state index contributed by atoms with van der Waals surface area (Å²) in [6.07, 6.45) is 6.34. The zero-order valence-corrected chi connectivity index (χ0v) is 17.8. The van der Waals surface area contributed by atoms with E-state index >= 15 is 0 Å². The fourth-order valence-corrected chi connectivity index (χ4v) is 4.20. The molecule has 1 aliphatic rings. The molecule has 0 spiro atoms. The number of hydrogen-bond donors (Lipinski definition) is 1. The highest BCUT2D eigenvalue weighted by molar-refractivity contribution is 7.07. The van der Waals surface area contributed by atoms with Crippen molar-refractivity contribution in [3.05, 3.63) is 65.5 Å². The maximum atomic E-state index is 12.6. The Hall–Kier alpha value is -2.93. The van der Waals surface area contributed by atoms with Gasteiger partial charge in [0.15, 0.2) is 5.82 Å². The Morgan fingerprint density at radius 3 is 2.73 bits per heavy atom. The van der Waals surface area contributed by atoms with Crippen LogP contribution < -0.4 is 14.8 Å². The molecule has 0 bridgehead atoms. The van der Waals surface area contributed by atoms with Gasteiger partial charge >= 0.3 is 0 Å². The summed E-state index contributed by atoms with van der Waals surface area (Å²) < 4.78 is 15.5. The highest BCUT2D eigenvalue weighted by Crippen LogP contribution is 2.25. The predicted octanol–water partition coefficient (Wildman–Crippen LogP) is 4.99. The molecule has 1 heterocycles. The Morgan fingerprint density at radius 2 is 1.90 bits per heavy atom. The normalized spacial score (nSPS) is 14.3. The van der Waals surface area contributed by atoms with Gasteiger partial charge in [-0.05, 0) is 48.7 Å².